The molecule has 3 N–H and O–H groups in total. The van der Waals surface area contributed by atoms with E-state index >= 15 is 0 Å². The first-order valence-electron chi connectivity index (χ1n) is 9.33. The molecule has 1 saturated carbocycles. The van der Waals surface area contributed by atoms with E-state index in [1.54, 1.807) is 0 Å². The molecule has 1 aliphatic heterocycles. The fourth-order valence-corrected chi connectivity index (χ4v) is 6.65. The molecule has 1 aromatic carbocycles. The molecular formula is C20H28N2S2. The first-order valence-corrected chi connectivity index (χ1v) is 11.3. The van der Waals surface area contributed by atoms with Crippen molar-refractivity contribution >= 4 is 35.2 Å². The van der Waals surface area contributed by atoms with Crippen molar-refractivity contribution in [2.24, 2.45) is 5.41 Å². The van der Waals surface area contributed by atoms with E-state index in [-0.39, 0.29) is 0 Å². The van der Waals surface area contributed by atoms with Gasteiger partial charge in [0.1, 0.15) is 0 Å². The highest BCUT2D eigenvalue weighted by molar-refractivity contribution is 8.13. The smallest absolute Gasteiger partial charge is 0.0390 e. The van der Waals surface area contributed by atoms with Crippen LogP contribution in [0.4, 0.5) is 5.69 Å². The first kappa shape index (κ1) is 16.9. The minimum absolute atomic E-state index is 0.621. The molecule has 1 heterocycles. The van der Waals surface area contributed by atoms with Gasteiger partial charge in [-0.3, -0.25) is 0 Å². The highest BCUT2D eigenvalue weighted by Gasteiger charge is 2.33. The Bertz CT molecular complexity index is 614. The summed E-state index contributed by atoms with van der Waals surface area (Å²) in [6.45, 7) is 0. The highest BCUT2D eigenvalue weighted by Crippen LogP contribution is 2.49. The van der Waals surface area contributed by atoms with Gasteiger partial charge in [0.15, 0.2) is 0 Å². The fraction of sp³-hybridized carbons (Fsp3) is 0.600. The zero-order valence-electron chi connectivity index (χ0n) is 14.4. The average molecular weight is 361 g/mol. The molecular weight excluding hydrogens is 332 g/mol. The van der Waals surface area contributed by atoms with Gasteiger partial charge in [-0.1, -0.05) is 55.3 Å². The molecule has 130 valence electrons. The summed E-state index contributed by atoms with van der Waals surface area (Å²) in [6, 6.07) is 6.76. The predicted octanol–water partition coefficient (Wildman–Crippen LogP) is 5.77. The molecule has 3 aliphatic rings. The molecule has 0 aromatic heterocycles. The monoisotopic (exact) mass is 360 g/mol. The number of benzene rings is 1. The number of nitrogens with two attached hydrogens (primary N) is 1. The molecule has 4 rings (SSSR count). The van der Waals surface area contributed by atoms with Crippen LogP contribution in [0, 0.1) is 5.41 Å². The van der Waals surface area contributed by atoms with Crippen LogP contribution in [0.5, 0.6) is 0 Å². The maximum Gasteiger partial charge on any atom is 0.0390 e. The van der Waals surface area contributed by atoms with Crippen molar-refractivity contribution < 1.29 is 0 Å². The van der Waals surface area contributed by atoms with E-state index in [2.05, 4.69) is 28.4 Å². The zero-order chi connectivity index (χ0) is 16.4. The second kappa shape index (κ2) is 7.35. The number of rotatable bonds is 2. The Morgan fingerprint density at radius 1 is 1.04 bits per heavy atom. The largest absolute Gasteiger partial charge is 0.398 e. The summed E-state index contributed by atoms with van der Waals surface area (Å²) in [5.41, 5.74) is 12.2. The van der Waals surface area contributed by atoms with Crippen molar-refractivity contribution in [3.63, 3.8) is 0 Å². The van der Waals surface area contributed by atoms with E-state index in [0.717, 1.165) is 17.2 Å². The van der Waals surface area contributed by atoms with Crippen LogP contribution < -0.4 is 9.86 Å². The van der Waals surface area contributed by atoms with Gasteiger partial charge >= 0.3 is 0 Å². The molecule has 1 spiro atoms. The Morgan fingerprint density at radius 3 is 2.54 bits per heavy atom. The van der Waals surface area contributed by atoms with Crippen LogP contribution in [0.25, 0.3) is 5.57 Å². The quantitative estimate of drug-likeness (QED) is 0.519. The van der Waals surface area contributed by atoms with Crippen molar-refractivity contribution in [2.75, 3.05) is 17.2 Å². The summed E-state index contributed by atoms with van der Waals surface area (Å²) in [7, 11) is 0. The van der Waals surface area contributed by atoms with E-state index in [0.29, 0.717) is 11.3 Å². The van der Waals surface area contributed by atoms with Crippen LogP contribution in [-0.2, 0) is 0 Å². The van der Waals surface area contributed by atoms with E-state index in [4.69, 9.17) is 5.73 Å². The lowest BCUT2D eigenvalue weighted by Crippen LogP contribution is -2.25. The highest BCUT2D eigenvalue weighted by atomic mass is 32.2. The van der Waals surface area contributed by atoms with Gasteiger partial charge in [-0.15, -0.1) is 0 Å². The van der Waals surface area contributed by atoms with E-state index < -0.39 is 0 Å². The molecule has 0 amide bonds. The molecule has 0 radical (unpaired) electrons. The summed E-state index contributed by atoms with van der Waals surface area (Å²) < 4.78 is 3.30. The van der Waals surface area contributed by atoms with Gasteiger partial charge < -0.3 is 5.73 Å². The summed E-state index contributed by atoms with van der Waals surface area (Å²) in [5, 5.41) is 0. The third-order valence-corrected chi connectivity index (χ3v) is 8.28. The normalized spacial score (nSPS) is 24.8. The van der Waals surface area contributed by atoms with E-state index in [1.807, 2.05) is 23.9 Å². The molecule has 2 nitrogen and oxygen atoms in total. The van der Waals surface area contributed by atoms with Gasteiger partial charge in [-0.05, 0) is 60.8 Å². The van der Waals surface area contributed by atoms with Crippen LogP contribution in [-0.4, -0.2) is 11.5 Å². The summed E-state index contributed by atoms with van der Waals surface area (Å²) >= 11 is 3.65. The van der Waals surface area contributed by atoms with Gasteiger partial charge in [-0.25, -0.2) is 4.13 Å². The Hall–Kier alpha value is -0.580. The molecule has 0 bridgehead atoms. The SMILES string of the molecule is Nc1ccc(C2CSNSC2)cc1C1=CCC2(CCCCC2)CC1. The molecule has 4 heteroatoms. The third-order valence-electron chi connectivity index (χ3n) is 6.20. The van der Waals surface area contributed by atoms with Gasteiger partial charge in [0.25, 0.3) is 0 Å². The van der Waals surface area contributed by atoms with Crippen LogP contribution in [0.2, 0.25) is 0 Å². The maximum atomic E-state index is 6.36. The van der Waals surface area contributed by atoms with Crippen molar-refractivity contribution in [1.29, 1.82) is 0 Å². The lowest BCUT2D eigenvalue weighted by Gasteiger charge is -2.40. The van der Waals surface area contributed by atoms with Gasteiger partial charge in [0.2, 0.25) is 0 Å². The standard InChI is InChI=1S/C20H28N2S2/c21-19-5-4-16(17-13-23-22-24-14-17)12-18(19)15-6-10-20(11-7-15)8-2-1-3-9-20/h4-6,12,17,22H,1-3,7-11,13-14,21H2. The number of hydrogen-bond donors (Lipinski definition) is 2. The van der Waals surface area contributed by atoms with Gasteiger partial charge in [0, 0.05) is 28.7 Å². The zero-order valence-corrected chi connectivity index (χ0v) is 16.0. The lowest BCUT2D eigenvalue weighted by atomic mass is 9.65. The first-order chi connectivity index (χ1) is 11.8. The Labute approximate surface area is 154 Å². The molecule has 0 atom stereocenters. The molecule has 1 saturated heterocycles. The maximum absolute atomic E-state index is 6.36. The number of nitrogen functional groups attached to an aromatic ring is 1. The minimum atomic E-state index is 0.621. The number of allylic oxidation sites excluding steroid dienone is 2. The second-order valence-electron chi connectivity index (χ2n) is 7.74. The van der Waals surface area contributed by atoms with Crippen molar-refractivity contribution in [2.45, 2.75) is 57.3 Å². The van der Waals surface area contributed by atoms with Crippen molar-refractivity contribution in [3.05, 3.63) is 35.4 Å². The molecule has 0 unspecified atom stereocenters. The predicted molar refractivity (Wildman–Crippen MR) is 109 cm³/mol. The Morgan fingerprint density at radius 2 is 1.83 bits per heavy atom. The Balaban J connectivity index is 1.55. The van der Waals surface area contributed by atoms with Crippen LogP contribution in [0.15, 0.2) is 24.3 Å². The number of nitrogens with one attached hydrogen (secondary N) is 1. The van der Waals surface area contributed by atoms with Crippen LogP contribution in [0.1, 0.15) is 68.4 Å². The molecule has 24 heavy (non-hydrogen) atoms. The number of hydrogen-bond acceptors (Lipinski definition) is 4. The van der Waals surface area contributed by atoms with E-state index in [9.17, 15) is 0 Å². The third kappa shape index (κ3) is 3.51. The second-order valence-corrected chi connectivity index (χ2v) is 9.65. The van der Waals surface area contributed by atoms with Gasteiger partial charge in [0.05, 0.1) is 0 Å². The van der Waals surface area contributed by atoms with Crippen molar-refractivity contribution in [1.82, 2.24) is 4.13 Å². The van der Waals surface area contributed by atoms with Crippen LogP contribution in [0.3, 0.4) is 0 Å². The van der Waals surface area contributed by atoms with Crippen molar-refractivity contribution in [3.8, 4) is 0 Å². The average Bonchev–Trinajstić information content (AvgIpc) is 2.65. The topological polar surface area (TPSA) is 38.0 Å². The lowest BCUT2D eigenvalue weighted by molar-refractivity contribution is 0.172. The van der Waals surface area contributed by atoms with Crippen LogP contribution >= 0.6 is 23.9 Å². The Kier molecular flexibility index (Phi) is 5.16. The molecule has 1 aromatic rings. The fourth-order valence-electron chi connectivity index (χ4n) is 4.60. The number of anilines is 1. The minimum Gasteiger partial charge on any atom is -0.398 e. The van der Waals surface area contributed by atoms with Gasteiger partial charge in [-0.2, -0.15) is 0 Å². The molecule has 2 fully saturated rings. The summed E-state index contributed by atoms with van der Waals surface area (Å²) in [6.07, 6.45) is 13.6. The van der Waals surface area contributed by atoms with E-state index in [1.165, 1.54) is 68.1 Å². The summed E-state index contributed by atoms with van der Waals surface area (Å²) in [4.78, 5) is 0. The molecule has 2 aliphatic carbocycles. The summed E-state index contributed by atoms with van der Waals surface area (Å²) in [5.74, 6) is 2.94.